The Balaban J connectivity index is 0.00000220. The quantitative estimate of drug-likeness (QED) is 0.300. The summed E-state index contributed by atoms with van der Waals surface area (Å²) in [6.45, 7) is 6.26. The fourth-order valence-electron chi connectivity index (χ4n) is 2.05. The monoisotopic (exact) mass is 423 g/mol. The highest BCUT2D eigenvalue weighted by Gasteiger charge is 2.15. The zero-order valence-corrected chi connectivity index (χ0v) is 15.5. The van der Waals surface area contributed by atoms with Gasteiger partial charge in [-0.3, -0.25) is 0 Å². The molecule has 21 heavy (non-hydrogen) atoms. The van der Waals surface area contributed by atoms with Crippen LogP contribution in [0.25, 0.3) is 10.2 Å². The summed E-state index contributed by atoms with van der Waals surface area (Å²) in [5, 5.41) is 1.31. The lowest BCUT2D eigenvalue weighted by atomic mass is 10.3. The first-order valence-corrected chi connectivity index (χ1v) is 7.67. The molecule has 1 aromatic carbocycles. The maximum Gasteiger partial charge on any atom is 0.235 e. The van der Waals surface area contributed by atoms with Crippen molar-refractivity contribution in [2.45, 2.75) is 13.5 Å². The number of halogens is 1. The third-order valence-electron chi connectivity index (χ3n) is 3.06. The van der Waals surface area contributed by atoms with Crippen LogP contribution in [0.4, 0.5) is 0 Å². The van der Waals surface area contributed by atoms with Gasteiger partial charge in [0.1, 0.15) is 11.3 Å². The van der Waals surface area contributed by atoms with E-state index >= 15 is 0 Å². The van der Waals surface area contributed by atoms with E-state index in [1.807, 2.05) is 11.3 Å². The van der Waals surface area contributed by atoms with Gasteiger partial charge in [-0.2, -0.15) is 4.57 Å². The topological polar surface area (TPSA) is 31.6 Å². The van der Waals surface area contributed by atoms with E-state index in [-0.39, 0.29) is 24.0 Å². The van der Waals surface area contributed by atoms with Crippen LogP contribution in [0.15, 0.2) is 24.3 Å². The summed E-state index contributed by atoms with van der Waals surface area (Å²) < 4.78 is 19.5. The molecule has 0 spiro atoms. The largest absolute Gasteiger partial charge is 1.00 e. The van der Waals surface area contributed by atoms with E-state index in [0.717, 1.165) is 6.54 Å². The smallest absolute Gasteiger partial charge is 0.235 e. The molecule has 0 amide bonds. The van der Waals surface area contributed by atoms with Gasteiger partial charge in [-0.15, -0.1) is 0 Å². The number of fused-ring (bicyclic) bond motifs is 1. The summed E-state index contributed by atoms with van der Waals surface area (Å²) in [6, 6.07) is 8.48. The Kier molecular flexibility index (Phi) is 9.34. The van der Waals surface area contributed by atoms with Gasteiger partial charge in [0.25, 0.3) is 0 Å². The summed E-state index contributed by atoms with van der Waals surface area (Å²) in [6.07, 6.45) is 0. The minimum atomic E-state index is 0. The van der Waals surface area contributed by atoms with E-state index in [4.69, 9.17) is 14.2 Å². The van der Waals surface area contributed by atoms with Crippen LogP contribution >= 0.6 is 11.3 Å². The molecule has 0 aliphatic carbocycles. The number of ether oxygens (including phenoxy) is 3. The zero-order valence-electron chi connectivity index (χ0n) is 12.5. The number of aromatic nitrogens is 1. The molecule has 4 nitrogen and oxygen atoms in total. The van der Waals surface area contributed by atoms with Crippen molar-refractivity contribution < 1.29 is 42.8 Å². The van der Waals surface area contributed by atoms with Crippen molar-refractivity contribution in [2.24, 2.45) is 0 Å². The van der Waals surface area contributed by atoms with E-state index in [0.29, 0.717) is 33.0 Å². The molecule has 0 atom stereocenters. The van der Waals surface area contributed by atoms with Crippen molar-refractivity contribution in [3.05, 3.63) is 29.3 Å². The maximum absolute atomic E-state index is 5.61. The van der Waals surface area contributed by atoms with Crippen molar-refractivity contribution >= 4 is 21.6 Å². The highest BCUT2D eigenvalue weighted by molar-refractivity contribution is 7.18. The average Bonchev–Trinajstić information content (AvgIpc) is 2.78. The molecule has 0 aliphatic heterocycles. The predicted molar refractivity (Wildman–Crippen MR) is 80.3 cm³/mol. The summed E-state index contributed by atoms with van der Waals surface area (Å²) in [7, 11) is 1.67. The first kappa shape index (κ1) is 18.8. The van der Waals surface area contributed by atoms with Crippen molar-refractivity contribution in [1.29, 1.82) is 0 Å². The van der Waals surface area contributed by atoms with E-state index in [9.17, 15) is 0 Å². The van der Waals surface area contributed by atoms with Crippen LogP contribution in [0.1, 0.15) is 5.01 Å². The Morgan fingerprint density at radius 2 is 1.67 bits per heavy atom. The van der Waals surface area contributed by atoms with Crippen LogP contribution in [-0.2, 0) is 20.8 Å². The van der Waals surface area contributed by atoms with Gasteiger partial charge in [0, 0.05) is 20.1 Å². The van der Waals surface area contributed by atoms with Crippen LogP contribution in [-0.4, -0.2) is 40.1 Å². The molecule has 0 N–H and O–H groups in total. The number of para-hydroxylation sites is 1. The zero-order chi connectivity index (χ0) is 14.2. The second kappa shape index (κ2) is 10.4. The lowest BCUT2D eigenvalue weighted by Gasteiger charge is -2.04. The third-order valence-corrected chi connectivity index (χ3v) is 4.14. The van der Waals surface area contributed by atoms with Crippen molar-refractivity contribution in [3.63, 3.8) is 0 Å². The third kappa shape index (κ3) is 5.78. The summed E-state index contributed by atoms with van der Waals surface area (Å²) in [4.78, 5) is 0. The second-order valence-corrected chi connectivity index (χ2v) is 5.69. The molecular formula is C15H22INO3S. The fraction of sp³-hybridized carbons (Fsp3) is 0.533. The molecule has 0 radical (unpaired) electrons. The van der Waals surface area contributed by atoms with Gasteiger partial charge in [-0.05, 0) is 6.07 Å². The minimum absolute atomic E-state index is 0. The Morgan fingerprint density at radius 3 is 2.43 bits per heavy atom. The van der Waals surface area contributed by atoms with Gasteiger partial charge in [0.05, 0.1) is 26.4 Å². The molecule has 1 aromatic heterocycles. The van der Waals surface area contributed by atoms with Crippen LogP contribution in [0.5, 0.6) is 0 Å². The molecule has 0 bridgehead atoms. The highest BCUT2D eigenvalue weighted by Crippen LogP contribution is 2.18. The van der Waals surface area contributed by atoms with Gasteiger partial charge in [0.2, 0.25) is 10.5 Å². The fourth-order valence-corrected chi connectivity index (χ4v) is 3.10. The minimum Gasteiger partial charge on any atom is -1.00 e. The standard InChI is InChI=1S/C15H22NO3S.HI/c1-13-16(14-5-3-4-6-15(14)20-13)7-8-18-11-12-19-10-9-17-2;/h3-6H,7-12H2,1-2H3;1H/q+1;/p-1. The van der Waals surface area contributed by atoms with Crippen molar-refractivity contribution in [3.8, 4) is 0 Å². The molecule has 0 fully saturated rings. The molecule has 6 heteroatoms. The van der Waals surface area contributed by atoms with E-state index in [2.05, 4.69) is 35.8 Å². The van der Waals surface area contributed by atoms with E-state index in [1.54, 1.807) is 7.11 Å². The van der Waals surface area contributed by atoms with Gasteiger partial charge in [-0.25, -0.2) is 0 Å². The number of rotatable bonds is 9. The number of nitrogens with zero attached hydrogens (tertiary/aromatic N) is 1. The Bertz CT molecular complexity index is 533. The lowest BCUT2D eigenvalue weighted by Crippen LogP contribution is -3.00. The molecule has 0 aliphatic rings. The maximum atomic E-state index is 5.61. The average molecular weight is 423 g/mol. The summed E-state index contributed by atoms with van der Waals surface area (Å²) in [5.41, 5.74) is 1.29. The molecule has 2 rings (SSSR count). The van der Waals surface area contributed by atoms with Crippen molar-refractivity contribution in [2.75, 3.05) is 40.1 Å². The molecular weight excluding hydrogens is 401 g/mol. The van der Waals surface area contributed by atoms with Crippen LogP contribution in [0, 0.1) is 6.92 Å². The summed E-state index contributed by atoms with van der Waals surface area (Å²) in [5.74, 6) is 0. The molecule has 0 saturated heterocycles. The number of aryl methyl sites for hydroxylation is 1. The molecule has 0 saturated carbocycles. The van der Waals surface area contributed by atoms with Gasteiger partial charge < -0.3 is 38.2 Å². The number of thiazole rings is 1. The van der Waals surface area contributed by atoms with Crippen molar-refractivity contribution in [1.82, 2.24) is 0 Å². The number of benzene rings is 1. The number of hydrogen-bond acceptors (Lipinski definition) is 4. The number of hydrogen-bond donors (Lipinski definition) is 0. The number of methoxy groups -OCH3 is 1. The Hall–Kier alpha value is -0.280. The van der Waals surface area contributed by atoms with E-state index in [1.165, 1.54) is 15.2 Å². The van der Waals surface area contributed by atoms with Crippen LogP contribution in [0.3, 0.4) is 0 Å². The van der Waals surface area contributed by atoms with Crippen LogP contribution in [0.2, 0.25) is 0 Å². The van der Waals surface area contributed by atoms with Gasteiger partial charge in [0.15, 0.2) is 6.54 Å². The lowest BCUT2D eigenvalue weighted by molar-refractivity contribution is -0.674. The second-order valence-electron chi connectivity index (χ2n) is 4.46. The molecule has 118 valence electrons. The van der Waals surface area contributed by atoms with Gasteiger partial charge >= 0.3 is 0 Å². The Morgan fingerprint density at radius 1 is 1.00 bits per heavy atom. The molecule has 0 unspecified atom stereocenters. The highest BCUT2D eigenvalue weighted by atomic mass is 127. The Labute approximate surface area is 147 Å². The SMILES string of the molecule is COCCOCCOCC[n+]1c(C)sc2ccccc21.[I-]. The van der Waals surface area contributed by atoms with Gasteiger partial charge in [-0.1, -0.05) is 23.5 Å². The first-order chi connectivity index (χ1) is 9.83. The predicted octanol–water partition coefficient (Wildman–Crippen LogP) is -0.819. The van der Waals surface area contributed by atoms with E-state index < -0.39 is 0 Å². The molecule has 1 heterocycles. The first-order valence-electron chi connectivity index (χ1n) is 6.85. The summed E-state index contributed by atoms with van der Waals surface area (Å²) >= 11 is 1.82. The molecule has 2 aromatic rings. The van der Waals surface area contributed by atoms with Crippen LogP contribution < -0.4 is 28.5 Å². The normalized spacial score (nSPS) is 10.8.